The third-order valence-corrected chi connectivity index (χ3v) is 6.04. The van der Waals surface area contributed by atoms with Crippen molar-refractivity contribution in [3.63, 3.8) is 0 Å². The van der Waals surface area contributed by atoms with Gasteiger partial charge in [0.2, 0.25) is 17.6 Å². The van der Waals surface area contributed by atoms with E-state index in [-0.39, 0.29) is 17.9 Å². The van der Waals surface area contributed by atoms with Crippen molar-refractivity contribution in [3.8, 4) is 22.9 Å². The lowest BCUT2D eigenvalue weighted by Crippen LogP contribution is -2.46. The highest BCUT2D eigenvalue weighted by Crippen LogP contribution is 2.26. The van der Waals surface area contributed by atoms with Crippen LogP contribution in [0.3, 0.4) is 0 Å². The van der Waals surface area contributed by atoms with E-state index < -0.39 is 0 Å². The van der Waals surface area contributed by atoms with Crippen LogP contribution in [0.2, 0.25) is 0 Å². The van der Waals surface area contributed by atoms with Gasteiger partial charge in [0.1, 0.15) is 6.61 Å². The second kappa shape index (κ2) is 11.2. The van der Waals surface area contributed by atoms with Gasteiger partial charge in [-0.1, -0.05) is 41.6 Å². The molecule has 2 unspecified atom stereocenters. The van der Waals surface area contributed by atoms with E-state index in [2.05, 4.69) is 20.4 Å². The van der Waals surface area contributed by atoms with Crippen LogP contribution in [0.1, 0.15) is 31.2 Å². The molecule has 2 atom stereocenters. The molecule has 1 N–H and O–H groups in total. The smallest absolute Gasteiger partial charge is 0.241 e. The largest absolute Gasteiger partial charge is 0.493 e. The molecule has 2 aromatic carbocycles. The number of carbonyl (C=O) groups is 1. The van der Waals surface area contributed by atoms with Crippen LogP contribution in [0.15, 0.2) is 53.1 Å². The molecule has 1 saturated heterocycles. The first-order valence-corrected chi connectivity index (χ1v) is 11.7. The van der Waals surface area contributed by atoms with Crippen molar-refractivity contribution in [2.45, 2.75) is 39.3 Å². The van der Waals surface area contributed by atoms with Crippen LogP contribution in [0.25, 0.3) is 11.4 Å². The molecule has 0 saturated carbocycles. The molecule has 4 rings (SSSR count). The van der Waals surface area contributed by atoms with Gasteiger partial charge in [0, 0.05) is 12.1 Å². The Hall–Kier alpha value is -3.39. The molecule has 34 heavy (non-hydrogen) atoms. The molecule has 1 fully saturated rings. The number of amides is 1. The number of carbonyl (C=O) groups excluding carboxylic acids is 1. The van der Waals surface area contributed by atoms with Gasteiger partial charge in [-0.15, -0.1) is 0 Å². The number of methoxy groups -OCH3 is 1. The van der Waals surface area contributed by atoms with Crippen molar-refractivity contribution in [1.82, 2.24) is 20.4 Å². The Morgan fingerprint density at radius 2 is 1.97 bits per heavy atom. The van der Waals surface area contributed by atoms with Crippen molar-refractivity contribution in [2.24, 2.45) is 5.92 Å². The zero-order chi connectivity index (χ0) is 23.9. The minimum Gasteiger partial charge on any atom is -0.493 e. The number of benzene rings is 2. The summed E-state index contributed by atoms with van der Waals surface area (Å²) in [7, 11) is 1.61. The van der Waals surface area contributed by atoms with Crippen LogP contribution < -0.4 is 14.8 Å². The zero-order valence-electron chi connectivity index (χ0n) is 20.0. The lowest BCUT2D eigenvalue weighted by Gasteiger charge is -2.31. The first-order valence-electron chi connectivity index (χ1n) is 11.7. The summed E-state index contributed by atoms with van der Waals surface area (Å²) in [6.07, 6.45) is 1.81. The van der Waals surface area contributed by atoms with Gasteiger partial charge in [-0.2, -0.15) is 4.98 Å². The number of hydrogen-bond acceptors (Lipinski definition) is 7. The van der Waals surface area contributed by atoms with Gasteiger partial charge < -0.3 is 19.3 Å². The molecule has 2 heterocycles. The molecular weight excluding hydrogens is 432 g/mol. The summed E-state index contributed by atoms with van der Waals surface area (Å²) in [4.78, 5) is 19.7. The SMILES string of the molecule is COc1ccccc1OCC(C)NC(=O)C1CCCN(Cc2nc(-c3ccccc3C)no2)C1. The second-order valence-corrected chi connectivity index (χ2v) is 8.77. The van der Waals surface area contributed by atoms with Crippen molar-refractivity contribution >= 4 is 5.91 Å². The molecule has 1 amide bonds. The fourth-order valence-corrected chi connectivity index (χ4v) is 4.21. The third-order valence-electron chi connectivity index (χ3n) is 6.04. The number of aromatic nitrogens is 2. The van der Waals surface area contributed by atoms with Gasteiger partial charge >= 0.3 is 0 Å². The lowest BCUT2D eigenvalue weighted by molar-refractivity contribution is -0.127. The fraction of sp³-hybridized carbons (Fsp3) is 0.423. The summed E-state index contributed by atoms with van der Waals surface area (Å²) in [5.41, 5.74) is 2.08. The normalized spacial score (nSPS) is 17.2. The Bertz CT molecular complexity index is 1100. The van der Waals surface area contributed by atoms with Crippen LogP contribution in [-0.2, 0) is 11.3 Å². The average Bonchev–Trinajstić information content (AvgIpc) is 3.31. The van der Waals surface area contributed by atoms with Crippen molar-refractivity contribution in [2.75, 3.05) is 26.8 Å². The van der Waals surface area contributed by atoms with E-state index in [1.807, 2.05) is 62.4 Å². The van der Waals surface area contributed by atoms with Gasteiger partial charge in [-0.05, 0) is 50.9 Å². The Labute approximate surface area is 200 Å². The quantitative estimate of drug-likeness (QED) is 0.514. The van der Waals surface area contributed by atoms with E-state index >= 15 is 0 Å². The summed E-state index contributed by atoms with van der Waals surface area (Å²) < 4.78 is 16.7. The summed E-state index contributed by atoms with van der Waals surface area (Å²) >= 11 is 0. The lowest BCUT2D eigenvalue weighted by atomic mass is 9.97. The molecule has 180 valence electrons. The highest BCUT2D eigenvalue weighted by Gasteiger charge is 2.28. The van der Waals surface area contributed by atoms with Crippen molar-refractivity contribution < 1.29 is 18.8 Å². The third kappa shape index (κ3) is 5.94. The van der Waals surface area contributed by atoms with Gasteiger partial charge in [-0.3, -0.25) is 9.69 Å². The molecule has 0 radical (unpaired) electrons. The molecule has 3 aromatic rings. The molecule has 0 bridgehead atoms. The van der Waals surface area contributed by atoms with E-state index in [1.54, 1.807) is 7.11 Å². The topological polar surface area (TPSA) is 89.7 Å². The Morgan fingerprint density at radius 3 is 2.76 bits per heavy atom. The number of nitrogens with one attached hydrogen (secondary N) is 1. The average molecular weight is 465 g/mol. The zero-order valence-corrected chi connectivity index (χ0v) is 20.0. The van der Waals surface area contributed by atoms with Crippen LogP contribution in [-0.4, -0.2) is 53.8 Å². The predicted octanol–water partition coefficient (Wildman–Crippen LogP) is 3.85. The maximum atomic E-state index is 12.9. The molecule has 1 aromatic heterocycles. The molecule has 8 nitrogen and oxygen atoms in total. The van der Waals surface area contributed by atoms with E-state index in [0.29, 0.717) is 42.9 Å². The molecule has 1 aliphatic heterocycles. The Kier molecular flexibility index (Phi) is 7.80. The second-order valence-electron chi connectivity index (χ2n) is 8.77. The van der Waals surface area contributed by atoms with Crippen LogP contribution in [0.5, 0.6) is 11.5 Å². The maximum Gasteiger partial charge on any atom is 0.241 e. The van der Waals surface area contributed by atoms with E-state index in [9.17, 15) is 4.79 Å². The summed E-state index contributed by atoms with van der Waals surface area (Å²) in [6.45, 7) is 6.44. The maximum absolute atomic E-state index is 12.9. The van der Waals surface area contributed by atoms with Crippen molar-refractivity contribution in [1.29, 1.82) is 0 Å². The minimum absolute atomic E-state index is 0.0481. The van der Waals surface area contributed by atoms with E-state index in [0.717, 1.165) is 30.5 Å². The van der Waals surface area contributed by atoms with Gasteiger partial charge in [-0.25, -0.2) is 0 Å². The number of nitrogens with zero attached hydrogens (tertiary/aromatic N) is 3. The molecule has 8 heteroatoms. The van der Waals surface area contributed by atoms with Gasteiger partial charge in [0.25, 0.3) is 0 Å². The molecule has 0 aliphatic carbocycles. The van der Waals surface area contributed by atoms with E-state index in [4.69, 9.17) is 14.0 Å². The predicted molar refractivity (Wildman–Crippen MR) is 129 cm³/mol. The molecule has 0 spiro atoms. The number of hydrogen-bond donors (Lipinski definition) is 1. The van der Waals surface area contributed by atoms with Gasteiger partial charge in [0.05, 0.1) is 25.6 Å². The molecule has 1 aliphatic rings. The fourth-order valence-electron chi connectivity index (χ4n) is 4.21. The standard InChI is InChI=1S/C26H32N4O4/c1-18-9-4-5-11-21(18)25-28-24(34-29-25)16-30-14-8-10-20(15-30)26(31)27-19(2)17-33-23-13-7-6-12-22(23)32-3/h4-7,9,11-13,19-20H,8,10,14-17H2,1-3H3,(H,27,31). The number of likely N-dealkylation sites (tertiary alicyclic amines) is 1. The summed E-state index contributed by atoms with van der Waals surface area (Å²) in [5, 5.41) is 7.24. The highest BCUT2D eigenvalue weighted by molar-refractivity contribution is 5.79. The summed E-state index contributed by atoms with van der Waals surface area (Å²) in [5.74, 6) is 2.48. The monoisotopic (exact) mass is 464 g/mol. The van der Waals surface area contributed by atoms with Crippen LogP contribution in [0, 0.1) is 12.8 Å². The van der Waals surface area contributed by atoms with E-state index in [1.165, 1.54) is 0 Å². The Balaban J connectivity index is 1.28. The van der Waals surface area contributed by atoms with Crippen LogP contribution in [0.4, 0.5) is 0 Å². The Morgan fingerprint density at radius 1 is 1.21 bits per heavy atom. The van der Waals surface area contributed by atoms with Crippen molar-refractivity contribution in [3.05, 3.63) is 60.0 Å². The van der Waals surface area contributed by atoms with Crippen LogP contribution >= 0.6 is 0 Å². The number of rotatable bonds is 9. The number of piperidine rings is 1. The van der Waals surface area contributed by atoms with Gasteiger partial charge in [0.15, 0.2) is 11.5 Å². The minimum atomic E-state index is -0.125. The number of ether oxygens (including phenoxy) is 2. The first-order chi connectivity index (χ1) is 16.5. The first kappa shape index (κ1) is 23.8. The summed E-state index contributed by atoms with van der Waals surface area (Å²) in [6, 6.07) is 15.3. The molecular formula is C26H32N4O4. The number of aryl methyl sites for hydroxylation is 1. The number of para-hydroxylation sites is 2. The highest BCUT2D eigenvalue weighted by atomic mass is 16.5.